The van der Waals surface area contributed by atoms with Crippen LogP contribution in [0.5, 0.6) is 0 Å². The number of rotatable bonds is 3. The second-order valence-electron chi connectivity index (χ2n) is 6.87. The summed E-state index contributed by atoms with van der Waals surface area (Å²) in [7, 11) is 0. The highest BCUT2D eigenvalue weighted by atomic mass is 16.2. The van der Waals surface area contributed by atoms with Gasteiger partial charge in [-0.05, 0) is 25.7 Å². The number of carbonyl (C=O) groups is 3. The number of imide groups is 1. The van der Waals surface area contributed by atoms with Gasteiger partial charge < -0.3 is 4.90 Å². The number of nitrogens with zero attached hydrogens (tertiary/aromatic N) is 2. The molecule has 3 amide bonds. The van der Waals surface area contributed by atoms with E-state index in [-0.39, 0.29) is 42.5 Å². The Morgan fingerprint density at radius 3 is 1.95 bits per heavy atom. The van der Waals surface area contributed by atoms with Gasteiger partial charge in [-0.15, -0.1) is 0 Å². The van der Waals surface area contributed by atoms with Gasteiger partial charge in [0.15, 0.2) is 0 Å². The van der Waals surface area contributed by atoms with Gasteiger partial charge in [0.05, 0.1) is 11.8 Å². The first-order chi connectivity index (χ1) is 10.7. The molecule has 0 aromatic rings. The molecule has 0 aromatic carbocycles. The molecule has 122 valence electrons. The summed E-state index contributed by atoms with van der Waals surface area (Å²) in [5, 5.41) is 0. The predicted octanol–water partition coefficient (Wildman–Crippen LogP) is 1.95. The summed E-state index contributed by atoms with van der Waals surface area (Å²) in [4.78, 5) is 40.3. The number of hydrogen-bond acceptors (Lipinski definition) is 3. The third-order valence-electron chi connectivity index (χ3n) is 5.44. The quantitative estimate of drug-likeness (QED) is 0.749. The Labute approximate surface area is 132 Å². The van der Waals surface area contributed by atoms with Crippen molar-refractivity contribution in [3.05, 3.63) is 0 Å². The lowest BCUT2D eigenvalue weighted by Crippen LogP contribution is -2.37. The van der Waals surface area contributed by atoms with E-state index in [1.807, 2.05) is 4.90 Å². The molecule has 0 bridgehead atoms. The number of fused-ring (bicyclic) bond motifs is 1. The molecule has 1 saturated carbocycles. The second-order valence-corrected chi connectivity index (χ2v) is 6.87. The molecule has 22 heavy (non-hydrogen) atoms. The molecule has 2 atom stereocenters. The van der Waals surface area contributed by atoms with Crippen LogP contribution in [-0.4, -0.2) is 47.2 Å². The molecule has 0 aromatic heterocycles. The minimum Gasteiger partial charge on any atom is -0.343 e. The van der Waals surface area contributed by atoms with Gasteiger partial charge in [0.1, 0.15) is 0 Å². The molecular formula is C17H26N2O3. The average molecular weight is 306 g/mol. The van der Waals surface area contributed by atoms with E-state index in [0.717, 1.165) is 51.6 Å². The molecule has 0 N–H and O–H groups in total. The van der Waals surface area contributed by atoms with Crippen molar-refractivity contribution in [3.63, 3.8) is 0 Å². The Hall–Kier alpha value is -1.39. The van der Waals surface area contributed by atoms with E-state index in [0.29, 0.717) is 0 Å². The van der Waals surface area contributed by atoms with E-state index in [1.165, 1.54) is 17.7 Å². The van der Waals surface area contributed by atoms with Crippen molar-refractivity contribution in [1.29, 1.82) is 0 Å². The zero-order valence-electron chi connectivity index (χ0n) is 13.3. The van der Waals surface area contributed by atoms with Crippen molar-refractivity contribution in [2.75, 3.05) is 19.6 Å². The predicted molar refractivity (Wildman–Crippen MR) is 81.8 cm³/mol. The van der Waals surface area contributed by atoms with Crippen LogP contribution in [0, 0.1) is 11.8 Å². The Bertz CT molecular complexity index is 431. The van der Waals surface area contributed by atoms with Gasteiger partial charge in [-0.2, -0.15) is 0 Å². The SMILES string of the molecule is O=C(CCN1C(=O)C2CCCCC2C1=O)N1CCCCCC1. The van der Waals surface area contributed by atoms with Crippen molar-refractivity contribution in [2.45, 2.75) is 57.8 Å². The van der Waals surface area contributed by atoms with Crippen LogP contribution in [-0.2, 0) is 14.4 Å². The first kappa shape index (κ1) is 15.5. The number of hydrogen-bond donors (Lipinski definition) is 0. The van der Waals surface area contributed by atoms with Crippen molar-refractivity contribution in [2.24, 2.45) is 11.8 Å². The van der Waals surface area contributed by atoms with Crippen molar-refractivity contribution in [1.82, 2.24) is 9.80 Å². The van der Waals surface area contributed by atoms with E-state index in [2.05, 4.69) is 0 Å². The minimum atomic E-state index is -0.102. The molecular weight excluding hydrogens is 280 g/mol. The van der Waals surface area contributed by atoms with Crippen molar-refractivity contribution in [3.8, 4) is 0 Å². The second kappa shape index (κ2) is 6.80. The summed E-state index contributed by atoms with van der Waals surface area (Å²) in [6.45, 7) is 1.93. The zero-order valence-corrected chi connectivity index (χ0v) is 13.3. The van der Waals surface area contributed by atoms with E-state index in [9.17, 15) is 14.4 Å². The van der Waals surface area contributed by atoms with Gasteiger partial charge in [-0.25, -0.2) is 0 Å². The summed E-state index contributed by atoms with van der Waals surface area (Å²) < 4.78 is 0. The number of carbonyl (C=O) groups excluding carboxylic acids is 3. The lowest BCUT2D eigenvalue weighted by Gasteiger charge is -2.22. The highest BCUT2D eigenvalue weighted by molar-refractivity contribution is 6.05. The molecule has 5 heteroatoms. The first-order valence-corrected chi connectivity index (χ1v) is 8.81. The Balaban J connectivity index is 1.55. The summed E-state index contributed by atoms with van der Waals surface area (Å²) >= 11 is 0. The fraction of sp³-hybridized carbons (Fsp3) is 0.824. The molecule has 0 spiro atoms. The molecule has 3 aliphatic rings. The van der Waals surface area contributed by atoms with Gasteiger partial charge >= 0.3 is 0 Å². The maximum absolute atomic E-state index is 12.4. The molecule has 5 nitrogen and oxygen atoms in total. The highest BCUT2D eigenvalue weighted by Gasteiger charge is 2.47. The molecule has 2 heterocycles. The fourth-order valence-corrected chi connectivity index (χ4v) is 4.14. The van der Waals surface area contributed by atoms with Gasteiger partial charge in [0.2, 0.25) is 17.7 Å². The smallest absolute Gasteiger partial charge is 0.233 e. The van der Waals surface area contributed by atoms with Crippen molar-refractivity contribution >= 4 is 17.7 Å². The van der Waals surface area contributed by atoms with Gasteiger partial charge in [-0.1, -0.05) is 25.7 Å². The van der Waals surface area contributed by atoms with E-state index >= 15 is 0 Å². The van der Waals surface area contributed by atoms with Crippen LogP contribution in [0.3, 0.4) is 0 Å². The monoisotopic (exact) mass is 306 g/mol. The lowest BCUT2D eigenvalue weighted by molar-refractivity contribution is -0.140. The molecule has 1 aliphatic carbocycles. The van der Waals surface area contributed by atoms with Crippen LogP contribution >= 0.6 is 0 Å². The normalized spacial score (nSPS) is 29.5. The maximum atomic E-state index is 12.4. The van der Waals surface area contributed by atoms with E-state index < -0.39 is 0 Å². The van der Waals surface area contributed by atoms with Crippen LogP contribution in [0.4, 0.5) is 0 Å². The van der Waals surface area contributed by atoms with Crippen LogP contribution < -0.4 is 0 Å². The molecule has 2 aliphatic heterocycles. The third-order valence-corrected chi connectivity index (χ3v) is 5.44. The molecule has 2 saturated heterocycles. The lowest BCUT2D eigenvalue weighted by atomic mass is 9.81. The standard InChI is InChI=1S/C17H26N2O3/c20-15(18-10-5-1-2-6-11-18)9-12-19-16(21)13-7-3-4-8-14(13)17(19)22/h13-14H,1-12H2. The molecule has 3 fully saturated rings. The Morgan fingerprint density at radius 1 is 0.864 bits per heavy atom. The zero-order chi connectivity index (χ0) is 15.5. The highest BCUT2D eigenvalue weighted by Crippen LogP contribution is 2.37. The third kappa shape index (κ3) is 3.03. The number of amides is 3. The van der Waals surface area contributed by atoms with Gasteiger partial charge in [0.25, 0.3) is 0 Å². The fourth-order valence-electron chi connectivity index (χ4n) is 4.14. The topological polar surface area (TPSA) is 57.7 Å². The van der Waals surface area contributed by atoms with Crippen LogP contribution in [0.2, 0.25) is 0 Å². The molecule has 0 radical (unpaired) electrons. The van der Waals surface area contributed by atoms with E-state index in [1.54, 1.807) is 0 Å². The van der Waals surface area contributed by atoms with Gasteiger partial charge in [0, 0.05) is 26.1 Å². The van der Waals surface area contributed by atoms with Gasteiger partial charge in [-0.3, -0.25) is 19.3 Å². The summed E-state index contributed by atoms with van der Waals surface area (Å²) in [6.07, 6.45) is 8.57. The van der Waals surface area contributed by atoms with Crippen LogP contribution in [0.15, 0.2) is 0 Å². The maximum Gasteiger partial charge on any atom is 0.233 e. The molecule has 3 rings (SSSR count). The minimum absolute atomic E-state index is 0.0293. The summed E-state index contributed by atoms with van der Waals surface area (Å²) in [5.41, 5.74) is 0. The molecule has 2 unspecified atom stereocenters. The largest absolute Gasteiger partial charge is 0.343 e. The summed E-state index contributed by atoms with van der Waals surface area (Å²) in [6, 6.07) is 0. The Morgan fingerprint density at radius 2 is 1.41 bits per heavy atom. The van der Waals surface area contributed by atoms with Crippen LogP contribution in [0.1, 0.15) is 57.8 Å². The first-order valence-electron chi connectivity index (χ1n) is 8.81. The summed E-state index contributed by atoms with van der Waals surface area (Å²) in [5.74, 6) is -0.168. The average Bonchev–Trinajstić information content (AvgIpc) is 2.75. The Kier molecular flexibility index (Phi) is 4.79. The van der Waals surface area contributed by atoms with Crippen molar-refractivity contribution < 1.29 is 14.4 Å². The number of likely N-dealkylation sites (tertiary alicyclic amines) is 2. The van der Waals surface area contributed by atoms with E-state index in [4.69, 9.17) is 0 Å². The van der Waals surface area contributed by atoms with Crippen LogP contribution in [0.25, 0.3) is 0 Å².